The molecule has 21 heavy (non-hydrogen) atoms. The second-order valence-electron chi connectivity index (χ2n) is 4.68. The molecular weight excluding hydrogens is 335 g/mol. The van der Waals surface area contributed by atoms with Gasteiger partial charge in [-0.25, -0.2) is 9.82 Å². The molecule has 0 amide bonds. The zero-order valence-electron chi connectivity index (χ0n) is 11.8. The van der Waals surface area contributed by atoms with Crippen molar-refractivity contribution in [2.24, 2.45) is 5.84 Å². The van der Waals surface area contributed by atoms with Crippen molar-refractivity contribution >= 4 is 15.9 Å². The number of ether oxygens (including phenoxy) is 1. The van der Waals surface area contributed by atoms with Gasteiger partial charge < -0.3 is 4.74 Å². The Kier molecular flexibility index (Phi) is 5.73. The first kappa shape index (κ1) is 15.9. The third-order valence-electron chi connectivity index (χ3n) is 3.12. The van der Waals surface area contributed by atoms with E-state index in [-0.39, 0.29) is 11.9 Å². The van der Waals surface area contributed by atoms with Crippen molar-refractivity contribution in [3.05, 3.63) is 63.9 Å². The van der Waals surface area contributed by atoms with Crippen LogP contribution in [-0.4, -0.2) is 6.61 Å². The zero-order valence-corrected chi connectivity index (χ0v) is 13.4. The zero-order chi connectivity index (χ0) is 15.2. The molecule has 0 fully saturated rings. The molecule has 2 rings (SSSR count). The van der Waals surface area contributed by atoms with Crippen LogP contribution in [0.5, 0.6) is 5.75 Å². The largest absolute Gasteiger partial charge is 0.494 e. The molecule has 1 unspecified atom stereocenters. The minimum absolute atomic E-state index is 0.295. The molecule has 2 aromatic rings. The summed E-state index contributed by atoms with van der Waals surface area (Å²) in [5, 5.41) is 0. The highest BCUT2D eigenvalue weighted by Crippen LogP contribution is 2.29. The third-order valence-corrected chi connectivity index (χ3v) is 3.84. The van der Waals surface area contributed by atoms with E-state index in [4.69, 9.17) is 10.6 Å². The predicted molar refractivity (Wildman–Crippen MR) is 85.5 cm³/mol. The fourth-order valence-electron chi connectivity index (χ4n) is 2.08. The fourth-order valence-corrected chi connectivity index (χ4v) is 2.55. The van der Waals surface area contributed by atoms with E-state index in [0.717, 1.165) is 27.8 Å². The summed E-state index contributed by atoms with van der Waals surface area (Å²) in [6.07, 6.45) is 0.963. The maximum atomic E-state index is 13.5. The van der Waals surface area contributed by atoms with Crippen LogP contribution >= 0.6 is 15.9 Å². The molecule has 0 bridgehead atoms. The number of halogens is 2. The van der Waals surface area contributed by atoms with Crippen molar-refractivity contribution in [1.82, 2.24) is 5.43 Å². The molecule has 0 aromatic heterocycles. The summed E-state index contributed by atoms with van der Waals surface area (Å²) in [7, 11) is 0. The first-order valence-corrected chi connectivity index (χ1v) is 7.58. The van der Waals surface area contributed by atoms with Crippen LogP contribution in [0.15, 0.2) is 46.9 Å². The predicted octanol–water partition coefficient (Wildman–Crippen LogP) is 3.93. The lowest BCUT2D eigenvalue weighted by Crippen LogP contribution is -2.29. The second kappa shape index (κ2) is 7.54. The highest BCUT2D eigenvalue weighted by molar-refractivity contribution is 9.10. The Labute approximate surface area is 132 Å². The average Bonchev–Trinajstić information content (AvgIpc) is 2.50. The summed E-state index contributed by atoms with van der Waals surface area (Å²) in [4.78, 5) is 0. The van der Waals surface area contributed by atoms with Crippen molar-refractivity contribution in [1.29, 1.82) is 0 Å². The van der Waals surface area contributed by atoms with Gasteiger partial charge in [0.2, 0.25) is 0 Å². The van der Waals surface area contributed by atoms with Crippen LogP contribution in [0.1, 0.15) is 30.5 Å². The molecule has 0 aliphatic carbocycles. The Morgan fingerprint density at radius 3 is 2.57 bits per heavy atom. The van der Waals surface area contributed by atoms with Crippen molar-refractivity contribution in [2.45, 2.75) is 19.4 Å². The Balaban J connectivity index is 2.26. The smallest absolute Gasteiger partial charge is 0.123 e. The normalized spacial score (nSPS) is 12.2. The van der Waals surface area contributed by atoms with E-state index in [2.05, 4.69) is 28.3 Å². The van der Waals surface area contributed by atoms with Crippen molar-refractivity contribution in [2.75, 3.05) is 6.61 Å². The number of hydrazine groups is 1. The molecule has 2 aromatic carbocycles. The van der Waals surface area contributed by atoms with Crippen LogP contribution in [0, 0.1) is 5.82 Å². The van der Waals surface area contributed by atoms with E-state index >= 15 is 0 Å². The minimum atomic E-state index is -0.296. The fraction of sp³-hybridized carbons (Fsp3) is 0.250. The van der Waals surface area contributed by atoms with E-state index in [9.17, 15) is 4.39 Å². The van der Waals surface area contributed by atoms with E-state index in [1.54, 1.807) is 6.07 Å². The van der Waals surface area contributed by atoms with Gasteiger partial charge in [-0.3, -0.25) is 5.84 Å². The molecule has 0 heterocycles. The van der Waals surface area contributed by atoms with Gasteiger partial charge in [0.1, 0.15) is 11.6 Å². The number of rotatable bonds is 6. The molecular formula is C16H18BrFN2O. The van der Waals surface area contributed by atoms with Crippen LogP contribution in [0.4, 0.5) is 4.39 Å². The number of nitrogens with one attached hydrogen (secondary N) is 1. The van der Waals surface area contributed by atoms with Gasteiger partial charge in [-0.05, 0) is 47.9 Å². The summed E-state index contributed by atoms with van der Waals surface area (Å²) in [6.45, 7) is 2.75. The lowest BCUT2D eigenvalue weighted by Gasteiger charge is -2.19. The molecule has 112 valence electrons. The van der Waals surface area contributed by atoms with Gasteiger partial charge >= 0.3 is 0 Å². The molecule has 0 aliphatic rings. The van der Waals surface area contributed by atoms with Crippen LogP contribution in [0.3, 0.4) is 0 Å². The van der Waals surface area contributed by atoms with Gasteiger partial charge in [0.05, 0.1) is 12.6 Å². The van der Waals surface area contributed by atoms with Crippen LogP contribution in [0.2, 0.25) is 0 Å². The number of hydrogen-bond acceptors (Lipinski definition) is 3. The average molecular weight is 353 g/mol. The van der Waals surface area contributed by atoms with Crippen molar-refractivity contribution in [3.8, 4) is 5.75 Å². The number of hydrogen-bond donors (Lipinski definition) is 2. The first-order chi connectivity index (χ1) is 10.2. The molecule has 5 heteroatoms. The molecule has 3 nitrogen and oxygen atoms in total. The molecule has 0 aliphatic heterocycles. The lowest BCUT2D eigenvalue weighted by molar-refractivity contribution is 0.317. The van der Waals surface area contributed by atoms with Gasteiger partial charge in [0.25, 0.3) is 0 Å². The SMILES string of the molecule is CCCOc1ccc(C(NN)c2cc(F)ccc2Br)cc1. The second-order valence-corrected chi connectivity index (χ2v) is 5.54. The third kappa shape index (κ3) is 4.03. The van der Waals surface area contributed by atoms with Crippen LogP contribution in [-0.2, 0) is 0 Å². The quantitative estimate of drug-likeness (QED) is 0.611. The molecule has 0 spiro atoms. The van der Waals surface area contributed by atoms with Gasteiger partial charge in [-0.1, -0.05) is 35.0 Å². The highest BCUT2D eigenvalue weighted by atomic mass is 79.9. The summed E-state index contributed by atoms with van der Waals surface area (Å²) in [5.74, 6) is 6.17. The Morgan fingerprint density at radius 1 is 1.24 bits per heavy atom. The number of benzene rings is 2. The highest BCUT2D eigenvalue weighted by Gasteiger charge is 2.16. The van der Waals surface area contributed by atoms with Crippen LogP contribution < -0.4 is 16.0 Å². The molecule has 0 saturated carbocycles. The minimum Gasteiger partial charge on any atom is -0.494 e. The first-order valence-electron chi connectivity index (χ1n) is 6.79. The molecule has 0 saturated heterocycles. The molecule has 1 atom stereocenters. The maximum absolute atomic E-state index is 13.5. The summed E-state index contributed by atoms with van der Waals surface area (Å²) >= 11 is 3.43. The van der Waals surface area contributed by atoms with Crippen LogP contribution in [0.25, 0.3) is 0 Å². The number of nitrogens with two attached hydrogens (primary N) is 1. The van der Waals surface area contributed by atoms with Gasteiger partial charge in [0.15, 0.2) is 0 Å². The van der Waals surface area contributed by atoms with E-state index in [1.165, 1.54) is 12.1 Å². The van der Waals surface area contributed by atoms with Gasteiger partial charge in [0, 0.05) is 4.47 Å². The Morgan fingerprint density at radius 2 is 1.95 bits per heavy atom. The molecule has 0 radical (unpaired) electrons. The van der Waals surface area contributed by atoms with E-state index in [1.807, 2.05) is 24.3 Å². The Hall–Kier alpha value is -1.43. The van der Waals surface area contributed by atoms with E-state index < -0.39 is 0 Å². The van der Waals surface area contributed by atoms with Crippen molar-refractivity contribution < 1.29 is 9.13 Å². The van der Waals surface area contributed by atoms with Crippen molar-refractivity contribution in [3.63, 3.8) is 0 Å². The molecule has 3 N–H and O–H groups in total. The standard InChI is InChI=1S/C16H18BrFN2O/c1-2-9-21-13-6-3-11(4-7-13)16(20-19)14-10-12(18)5-8-15(14)17/h3-8,10,16,20H,2,9,19H2,1H3. The van der Waals surface area contributed by atoms with Gasteiger partial charge in [-0.15, -0.1) is 0 Å². The Bertz CT molecular complexity index is 589. The maximum Gasteiger partial charge on any atom is 0.123 e. The monoisotopic (exact) mass is 352 g/mol. The summed E-state index contributed by atoms with van der Waals surface area (Å²) in [6, 6.07) is 11.9. The topological polar surface area (TPSA) is 47.3 Å². The summed E-state index contributed by atoms with van der Waals surface area (Å²) in [5.41, 5.74) is 4.42. The van der Waals surface area contributed by atoms with Gasteiger partial charge in [-0.2, -0.15) is 0 Å². The van der Waals surface area contributed by atoms with E-state index in [0.29, 0.717) is 6.61 Å². The summed E-state index contributed by atoms with van der Waals surface area (Å²) < 4.78 is 19.8. The lowest BCUT2D eigenvalue weighted by atomic mass is 9.99.